The van der Waals surface area contributed by atoms with E-state index >= 15 is 0 Å². The van der Waals surface area contributed by atoms with Gasteiger partial charge in [0.2, 0.25) is 0 Å². The van der Waals surface area contributed by atoms with E-state index in [4.69, 9.17) is 9.47 Å². The van der Waals surface area contributed by atoms with Gasteiger partial charge >= 0.3 is 11.9 Å². The Balaban J connectivity index is 2.23. The lowest BCUT2D eigenvalue weighted by molar-refractivity contribution is -0.156. The summed E-state index contributed by atoms with van der Waals surface area (Å²) in [5.41, 5.74) is 0.730. The van der Waals surface area contributed by atoms with Crippen LogP contribution >= 0.6 is 0 Å². The molecule has 192 valence electrons. The molecule has 1 aliphatic rings. The fourth-order valence-electron chi connectivity index (χ4n) is 4.21. The van der Waals surface area contributed by atoms with Gasteiger partial charge in [0.05, 0.1) is 0 Å². The number of esters is 2. The fourth-order valence-corrected chi connectivity index (χ4v) is 4.21. The van der Waals surface area contributed by atoms with Gasteiger partial charge in [0.25, 0.3) is 0 Å². The molecule has 1 aromatic heterocycles. The number of ether oxygens (including phenoxy) is 2. The molecule has 0 aromatic carbocycles. The maximum absolute atomic E-state index is 12.7. The molecule has 1 N–H and O–H groups in total. The van der Waals surface area contributed by atoms with Gasteiger partial charge in [-0.25, -0.2) is 0 Å². The van der Waals surface area contributed by atoms with Gasteiger partial charge in [-0.1, -0.05) is 51.1 Å². The summed E-state index contributed by atoms with van der Waals surface area (Å²) >= 11 is 0. The molecule has 35 heavy (non-hydrogen) atoms. The molecule has 0 fully saturated rings. The van der Waals surface area contributed by atoms with Gasteiger partial charge in [0, 0.05) is 31.2 Å². The molecule has 1 aliphatic heterocycles. The second-order valence-electron chi connectivity index (χ2n) is 10.2. The van der Waals surface area contributed by atoms with Crippen molar-refractivity contribution in [2.75, 3.05) is 0 Å². The Kier molecular flexibility index (Phi) is 10.9. The smallest absolute Gasteiger partial charge is 0.306 e. The monoisotopic (exact) mass is 483 g/mol. The molecule has 2 heterocycles. The number of hydrogen-bond donors (Lipinski definition) is 1. The first-order valence-corrected chi connectivity index (χ1v) is 12.5. The largest absolute Gasteiger partial charge is 0.457 e. The minimum Gasteiger partial charge on any atom is -0.457 e. The average Bonchev–Trinajstić information content (AvgIpc) is 2.78. The van der Waals surface area contributed by atoms with E-state index in [9.17, 15) is 14.7 Å². The molecule has 0 saturated carbocycles. The summed E-state index contributed by atoms with van der Waals surface area (Å²) in [6.07, 6.45) is 12.4. The highest BCUT2D eigenvalue weighted by Gasteiger charge is 2.34. The number of nitrogens with zero attached hydrogens (tertiary/aromatic N) is 1. The Labute approximate surface area is 210 Å². The predicted octanol–water partition coefficient (Wildman–Crippen LogP) is 5.37. The number of aliphatic hydroxyl groups is 1. The molecule has 0 radical (unpaired) electrons. The molecular weight excluding hydrogens is 442 g/mol. The highest BCUT2D eigenvalue weighted by Crippen LogP contribution is 2.28. The zero-order chi connectivity index (χ0) is 26.0. The molecule has 2 rings (SSSR count). The molecule has 6 heteroatoms. The summed E-state index contributed by atoms with van der Waals surface area (Å²) in [5, 5.41) is 11.0. The van der Waals surface area contributed by atoms with Gasteiger partial charge in [-0.2, -0.15) is 0 Å². The van der Waals surface area contributed by atoms with Crippen molar-refractivity contribution in [2.24, 2.45) is 17.8 Å². The molecule has 6 nitrogen and oxygen atoms in total. The molecule has 0 spiro atoms. The van der Waals surface area contributed by atoms with Gasteiger partial charge in [0.1, 0.15) is 17.8 Å². The van der Waals surface area contributed by atoms with E-state index in [1.807, 2.05) is 57.2 Å². The zero-order valence-corrected chi connectivity index (χ0v) is 21.9. The molecule has 0 aliphatic carbocycles. The van der Waals surface area contributed by atoms with Crippen LogP contribution in [0.1, 0.15) is 66.5 Å². The van der Waals surface area contributed by atoms with Gasteiger partial charge < -0.3 is 14.6 Å². The number of pyridine rings is 1. The zero-order valence-electron chi connectivity index (χ0n) is 21.9. The highest BCUT2D eigenvalue weighted by molar-refractivity contribution is 5.70. The summed E-state index contributed by atoms with van der Waals surface area (Å²) in [6.45, 7) is 11.0. The van der Waals surface area contributed by atoms with Gasteiger partial charge in [-0.3, -0.25) is 14.6 Å². The third-order valence-corrected chi connectivity index (χ3v) is 6.39. The lowest BCUT2D eigenvalue weighted by Gasteiger charge is -2.32. The van der Waals surface area contributed by atoms with Crippen LogP contribution in [0.4, 0.5) is 0 Å². The van der Waals surface area contributed by atoms with Crippen LogP contribution in [0.5, 0.6) is 0 Å². The Morgan fingerprint density at radius 2 is 2.06 bits per heavy atom. The van der Waals surface area contributed by atoms with Crippen LogP contribution in [0.2, 0.25) is 0 Å². The van der Waals surface area contributed by atoms with E-state index in [0.717, 1.165) is 17.7 Å². The van der Waals surface area contributed by atoms with Crippen molar-refractivity contribution in [1.82, 2.24) is 4.98 Å². The number of cyclic esters (lactones) is 1. The first-order valence-electron chi connectivity index (χ1n) is 12.5. The van der Waals surface area contributed by atoms with Crippen LogP contribution in [0.25, 0.3) is 0 Å². The highest BCUT2D eigenvalue weighted by atomic mass is 16.6. The van der Waals surface area contributed by atoms with Crippen LogP contribution in [0.15, 0.2) is 60.3 Å². The number of carbonyl (C=O) groups is 2. The molecule has 0 bridgehead atoms. The van der Waals surface area contributed by atoms with Crippen molar-refractivity contribution in [1.29, 1.82) is 0 Å². The van der Waals surface area contributed by atoms with Crippen LogP contribution < -0.4 is 0 Å². The second-order valence-corrected chi connectivity index (χ2v) is 10.2. The maximum Gasteiger partial charge on any atom is 0.306 e. The van der Waals surface area contributed by atoms with Crippen LogP contribution in [-0.4, -0.2) is 39.8 Å². The van der Waals surface area contributed by atoms with Crippen LogP contribution in [-0.2, 0) is 25.5 Å². The average molecular weight is 484 g/mol. The minimum atomic E-state index is -1.23. The molecule has 1 unspecified atom stereocenters. The molecular formula is C29H41NO5. The van der Waals surface area contributed by atoms with Gasteiger partial charge in [0.15, 0.2) is 0 Å². The third-order valence-electron chi connectivity index (χ3n) is 6.39. The third kappa shape index (κ3) is 9.81. The summed E-state index contributed by atoms with van der Waals surface area (Å²) in [4.78, 5) is 28.7. The van der Waals surface area contributed by atoms with E-state index in [0.29, 0.717) is 18.8 Å². The van der Waals surface area contributed by atoms with Crippen molar-refractivity contribution in [3.63, 3.8) is 0 Å². The van der Waals surface area contributed by atoms with E-state index in [1.165, 1.54) is 6.92 Å². The SMILES string of the molecule is CC(=O)O[C@H]1/C=C/[C@H](C)[C@@H](/C(C)=C/C=C/C(C)Cc2ccccn2)OC(=O)C[C@H](C)CC[C@@]1(C)O. The van der Waals surface area contributed by atoms with Crippen LogP contribution in [0.3, 0.4) is 0 Å². The molecule has 6 atom stereocenters. The number of carbonyl (C=O) groups excluding carboxylic acids is 2. The summed E-state index contributed by atoms with van der Waals surface area (Å²) in [5.74, 6) is -0.546. The van der Waals surface area contributed by atoms with Crippen molar-refractivity contribution < 1.29 is 24.2 Å². The minimum absolute atomic E-state index is 0.0305. The number of hydrogen-bond acceptors (Lipinski definition) is 6. The van der Waals surface area contributed by atoms with E-state index < -0.39 is 23.8 Å². The van der Waals surface area contributed by atoms with E-state index in [2.05, 4.69) is 18.0 Å². The topological polar surface area (TPSA) is 85.7 Å². The summed E-state index contributed by atoms with van der Waals surface area (Å²) < 4.78 is 11.4. The van der Waals surface area contributed by atoms with E-state index in [1.54, 1.807) is 19.2 Å². The summed E-state index contributed by atoms with van der Waals surface area (Å²) in [7, 11) is 0. The van der Waals surface area contributed by atoms with Gasteiger partial charge in [-0.05, 0) is 68.7 Å². The number of aromatic nitrogens is 1. The standard InChI is InChI=1S/C29H41NO5/c1-20(18-25-12-7-8-17-30-25)10-9-11-22(3)28-23(4)13-14-26(34-24(5)31)29(6,33)16-15-21(2)19-27(32)35-28/h7-14,17,20-21,23,26,28,33H,15-16,18-19H2,1-6H3/b10-9+,14-13+,22-11+/t20?,21-,23+,26+,28-,29-/m1/s1. The Morgan fingerprint density at radius 3 is 2.71 bits per heavy atom. The maximum atomic E-state index is 12.7. The molecule has 1 aromatic rings. The lowest BCUT2D eigenvalue weighted by atomic mass is 9.87. The predicted molar refractivity (Wildman–Crippen MR) is 137 cm³/mol. The molecule has 0 saturated heterocycles. The van der Waals surface area contributed by atoms with Gasteiger partial charge in [-0.15, -0.1) is 0 Å². The lowest BCUT2D eigenvalue weighted by Crippen LogP contribution is -2.41. The number of allylic oxidation sites excluding steroid dienone is 3. The first-order chi connectivity index (χ1) is 16.5. The molecule has 0 amide bonds. The van der Waals surface area contributed by atoms with Crippen molar-refractivity contribution in [3.05, 3.63) is 66.0 Å². The number of rotatable bonds is 6. The first kappa shape index (κ1) is 28.5. The summed E-state index contributed by atoms with van der Waals surface area (Å²) in [6, 6.07) is 5.92. The van der Waals surface area contributed by atoms with Crippen molar-refractivity contribution in [3.8, 4) is 0 Å². The van der Waals surface area contributed by atoms with Crippen molar-refractivity contribution >= 4 is 11.9 Å². The van der Waals surface area contributed by atoms with Crippen molar-refractivity contribution in [2.45, 2.75) is 85.0 Å². The quantitative estimate of drug-likeness (QED) is 0.333. The Morgan fingerprint density at radius 1 is 1.31 bits per heavy atom. The van der Waals surface area contributed by atoms with Crippen LogP contribution in [0, 0.1) is 17.8 Å². The fraction of sp³-hybridized carbons (Fsp3) is 0.552. The second kappa shape index (κ2) is 13.4. The Hall–Kier alpha value is -2.73. The van der Waals surface area contributed by atoms with E-state index in [-0.39, 0.29) is 24.2 Å². The normalized spacial score (nSPS) is 30.6. The Bertz CT molecular complexity index is 918.